The van der Waals surface area contributed by atoms with E-state index in [1.54, 1.807) is 43.4 Å². The fraction of sp³-hybridized carbons (Fsp3) is 0.364. The van der Waals surface area contributed by atoms with Gasteiger partial charge < -0.3 is 25.0 Å². The summed E-state index contributed by atoms with van der Waals surface area (Å²) in [5.74, 6) is 0.932. The molecule has 0 radical (unpaired) electrons. The van der Waals surface area contributed by atoms with Crippen LogP contribution in [0.25, 0.3) is 0 Å². The molecule has 1 aliphatic heterocycles. The zero-order valence-electron chi connectivity index (χ0n) is 17.3. The number of carbonyl (C=O) groups excluding carboxylic acids is 2. The van der Waals surface area contributed by atoms with E-state index in [1.807, 2.05) is 19.1 Å². The van der Waals surface area contributed by atoms with Crippen LogP contribution in [0.4, 0.5) is 4.79 Å². The van der Waals surface area contributed by atoms with Gasteiger partial charge >= 0.3 is 6.03 Å². The lowest BCUT2D eigenvalue weighted by Crippen LogP contribution is -2.49. The molecule has 1 atom stereocenters. The van der Waals surface area contributed by atoms with Gasteiger partial charge in [-0.3, -0.25) is 4.79 Å². The monoisotopic (exact) mass is 431 g/mol. The lowest BCUT2D eigenvalue weighted by Gasteiger charge is -2.37. The predicted octanol–water partition coefficient (Wildman–Crippen LogP) is 3.42. The summed E-state index contributed by atoms with van der Waals surface area (Å²) in [7, 11) is 3.16. The molecule has 0 aliphatic carbocycles. The van der Waals surface area contributed by atoms with Gasteiger partial charge in [0.2, 0.25) is 0 Å². The molecule has 1 aliphatic rings. The third-order valence-electron chi connectivity index (χ3n) is 5.17. The molecule has 1 unspecified atom stereocenters. The maximum absolute atomic E-state index is 12.7. The predicted molar refractivity (Wildman–Crippen MR) is 116 cm³/mol. The summed E-state index contributed by atoms with van der Waals surface area (Å²) in [5, 5.41) is 6.16. The molecule has 0 bridgehead atoms. The van der Waals surface area contributed by atoms with Crippen molar-refractivity contribution in [2.45, 2.75) is 19.4 Å². The molecular weight excluding hydrogens is 406 g/mol. The number of methoxy groups -OCH3 is 2. The summed E-state index contributed by atoms with van der Waals surface area (Å²) in [5.41, 5.74) is 2.38. The number of ether oxygens (including phenoxy) is 2. The van der Waals surface area contributed by atoms with Gasteiger partial charge in [-0.25, -0.2) is 4.79 Å². The van der Waals surface area contributed by atoms with Crippen LogP contribution in [0, 0.1) is 0 Å². The van der Waals surface area contributed by atoms with Gasteiger partial charge in [0, 0.05) is 19.6 Å². The van der Waals surface area contributed by atoms with Crippen LogP contribution >= 0.6 is 11.6 Å². The third kappa shape index (κ3) is 4.46. The molecule has 0 saturated heterocycles. The highest BCUT2D eigenvalue weighted by atomic mass is 35.5. The molecule has 0 aromatic heterocycles. The molecule has 0 fully saturated rings. The Hall–Kier alpha value is -2.93. The van der Waals surface area contributed by atoms with Gasteiger partial charge in [-0.1, -0.05) is 23.7 Å². The quantitative estimate of drug-likeness (QED) is 0.734. The van der Waals surface area contributed by atoms with Crippen molar-refractivity contribution in [2.75, 3.05) is 33.9 Å². The first-order valence-corrected chi connectivity index (χ1v) is 10.2. The lowest BCUT2D eigenvalue weighted by atomic mass is 9.91. The number of carbonyl (C=O) groups is 2. The van der Waals surface area contributed by atoms with E-state index < -0.39 is 0 Å². The van der Waals surface area contributed by atoms with Crippen molar-refractivity contribution >= 4 is 23.5 Å². The summed E-state index contributed by atoms with van der Waals surface area (Å²) in [6.45, 7) is 3.16. The number of urea groups is 1. The SMILES string of the molecule is CCNC(=O)N1CCc2cc(OC)c(OC)cc2C1CNC(=O)c1ccccc1Cl. The van der Waals surface area contributed by atoms with Crippen LogP contribution in [0.5, 0.6) is 11.5 Å². The number of benzene rings is 2. The van der Waals surface area contributed by atoms with Crippen molar-refractivity contribution in [1.29, 1.82) is 0 Å². The van der Waals surface area contributed by atoms with E-state index in [4.69, 9.17) is 21.1 Å². The van der Waals surface area contributed by atoms with E-state index in [-0.39, 0.29) is 24.5 Å². The van der Waals surface area contributed by atoms with Gasteiger partial charge in [0.1, 0.15) is 0 Å². The molecule has 2 aromatic carbocycles. The number of nitrogens with one attached hydrogen (secondary N) is 2. The van der Waals surface area contributed by atoms with Crippen molar-refractivity contribution in [2.24, 2.45) is 0 Å². The van der Waals surface area contributed by atoms with Gasteiger partial charge in [0.05, 0.1) is 30.8 Å². The standard InChI is InChI=1S/C22H26ClN3O4/c1-4-24-22(28)26-10-9-14-11-19(29-2)20(30-3)12-16(14)18(26)13-25-21(27)15-7-5-6-8-17(15)23/h5-8,11-12,18H,4,9-10,13H2,1-3H3,(H,24,28)(H,25,27). The van der Waals surface area contributed by atoms with Crippen LogP contribution in [0.1, 0.15) is 34.5 Å². The van der Waals surface area contributed by atoms with Crippen molar-refractivity contribution in [1.82, 2.24) is 15.5 Å². The topological polar surface area (TPSA) is 79.9 Å². The highest BCUT2D eigenvalue weighted by molar-refractivity contribution is 6.33. The maximum Gasteiger partial charge on any atom is 0.317 e. The second-order valence-electron chi connectivity index (χ2n) is 6.89. The van der Waals surface area contributed by atoms with E-state index in [9.17, 15) is 9.59 Å². The van der Waals surface area contributed by atoms with E-state index in [0.29, 0.717) is 41.6 Å². The number of hydrogen-bond donors (Lipinski definition) is 2. The Morgan fingerprint density at radius 3 is 2.50 bits per heavy atom. The largest absolute Gasteiger partial charge is 0.493 e. The summed E-state index contributed by atoms with van der Waals surface area (Å²) >= 11 is 6.15. The Kier molecular flexibility index (Phi) is 7.05. The highest BCUT2D eigenvalue weighted by Crippen LogP contribution is 2.38. The van der Waals surface area contributed by atoms with Gasteiger partial charge in [0.15, 0.2) is 11.5 Å². The number of hydrogen-bond acceptors (Lipinski definition) is 4. The van der Waals surface area contributed by atoms with Crippen LogP contribution in [-0.2, 0) is 6.42 Å². The Balaban J connectivity index is 1.91. The molecular formula is C22H26ClN3O4. The van der Waals surface area contributed by atoms with Gasteiger partial charge in [-0.15, -0.1) is 0 Å². The molecule has 0 spiro atoms. The minimum atomic E-state index is -0.355. The van der Waals surface area contributed by atoms with E-state index >= 15 is 0 Å². The Bertz CT molecular complexity index is 935. The normalized spacial score (nSPS) is 15.2. The first-order chi connectivity index (χ1) is 14.5. The minimum Gasteiger partial charge on any atom is -0.493 e. The van der Waals surface area contributed by atoms with Crippen LogP contribution < -0.4 is 20.1 Å². The molecule has 3 rings (SSSR count). The molecule has 0 saturated carbocycles. The maximum atomic E-state index is 12.7. The molecule has 3 amide bonds. The Morgan fingerprint density at radius 2 is 1.83 bits per heavy atom. The van der Waals surface area contributed by atoms with Crippen molar-refractivity contribution in [3.8, 4) is 11.5 Å². The third-order valence-corrected chi connectivity index (χ3v) is 5.50. The number of rotatable bonds is 6. The first kappa shape index (κ1) is 21.8. The van der Waals surface area contributed by atoms with Crippen molar-refractivity contribution in [3.05, 3.63) is 58.1 Å². The zero-order valence-corrected chi connectivity index (χ0v) is 18.1. The number of halogens is 1. The molecule has 160 valence electrons. The van der Waals surface area contributed by atoms with Crippen molar-refractivity contribution in [3.63, 3.8) is 0 Å². The second-order valence-corrected chi connectivity index (χ2v) is 7.30. The van der Waals surface area contributed by atoms with Gasteiger partial charge in [0.25, 0.3) is 5.91 Å². The fourth-order valence-electron chi connectivity index (χ4n) is 3.67. The van der Waals surface area contributed by atoms with E-state index in [1.165, 1.54) is 0 Å². The fourth-order valence-corrected chi connectivity index (χ4v) is 3.90. The Morgan fingerprint density at radius 1 is 1.13 bits per heavy atom. The summed E-state index contributed by atoms with van der Waals surface area (Å²) < 4.78 is 10.9. The zero-order chi connectivity index (χ0) is 21.7. The average molecular weight is 432 g/mol. The van der Waals surface area contributed by atoms with E-state index in [0.717, 1.165) is 11.1 Å². The van der Waals surface area contributed by atoms with Crippen LogP contribution in [-0.4, -0.2) is 50.7 Å². The molecule has 2 aromatic rings. The highest BCUT2D eigenvalue weighted by Gasteiger charge is 2.32. The summed E-state index contributed by atoms with van der Waals surface area (Å²) in [6.07, 6.45) is 0.682. The molecule has 1 heterocycles. The summed E-state index contributed by atoms with van der Waals surface area (Å²) in [6, 6.07) is 10.2. The van der Waals surface area contributed by atoms with Crippen LogP contribution in [0.15, 0.2) is 36.4 Å². The van der Waals surface area contributed by atoms with Crippen molar-refractivity contribution < 1.29 is 19.1 Å². The van der Waals surface area contributed by atoms with Gasteiger partial charge in [-0.2, -0.15) is 0 Å². The number of nitrogens with zero attached hydrogens (tertiary/aromatic N) is 1. The minimum absolute atomic E-state index is 0.171. The molecule has 2 N–H and O–H groups in total. The first-order valence-electron chi connectivity index (χ1n) is 9.82. The average Bonchev–Trinajstić information content (AvgIpc) is 2.76. The van der Waals surface area contributed by atoms with Gasteiger partial charge in [-0.05, 0) is 48.7 Å². The Labute approximate surface area is 181 Å². The molecule has 7 nitrogen and oxygen atoms in total. The number of amides is 3. The molecule has 30 heavy (non-hydrogen) atoms. The molecule has 8 heteroatoms. The smallest absolute Gasteiger partial charge is 0.317 e. The second kappa shape index (κ2) is 9.71. The van der Waals surface area contributed by atoms with Crippen LogP contribution in [0.2, 0.25) is 5.02 Å². The lowest BCUT2D eigenvalue weighted by molar-refractivity contribution is 0.0934. The number of fused-ring (bicyclic) bond motifs is 1. The van der Waals surface area contributed by atoms with Crippen LogP contribution in [0.3, 0.4) is 0 Å². The van der Waals surface area contributed by atoms with E-state index in [2.05, 4.69) is 10.6 Å². The summed E-state index contributed by atoms with van der Waals surface area (Å²) in [4.78, 5) is 27.1.